The minimum absolute atomic E-state index is 1.18. The average Bonchev–Trinajstić information content (AvgIpc) is 2.20. The van der Waals surface area contributed by atoms with E-state index in [0.29, 0.717) is 0 Å². The minimum atomic E-state index is 1.18. The third-order valence-corrected chi connectivity index (χ3v) is 1.84. The molecule has 0 atom stereocenters. The summed E-state index contributed by atoms with van der Waals surface area (Å²) in [7, 11) is 0. The molecule has 0 spiro atoms. The van der Waals surface area contributed by atoms with E-state index < -0.39 is 0 Å². The number of benzene rings is 1. The summed E-state index contributed by atoms with van der Waals surface area (Å²) in [4.78, 5) is 0. The molecule has 0 amide bonds. The van der Waals surface area contributed by atoms with Gasteiger partial charge >= 0.3 is 30.0 Å². The molecule has 1 rings (SSSR count). The molecule has 0 nitrogen and oxygen atoms in total. The molecule has 0 heterocycles. The van der Waals surface area contributed by atoms with Crippen molar-refractivity contribution in [3.63, 3.8) is 0 Å². The fourth-order valence-electron chi connectivity index (χ4n) is 1.07. The molecule has 1 aromatic carbocycles. The molecule has 0 aliphatic carbocycles. The first-order valence-electron chi connectivity index (χ1n) is 4.43. The Morgan fingerprint density at radius 3 is 2.23 bits per heavy atom. The molecular weight excluding hydrogens is 277 g/mol. The van der Waals surface area contributed by atoms with Crippen LogP contribution < -0.4 is 0 Å². The van der Waals surface area contributed by atoms with Crippen molar-refractivity contribution in [2.75, 3.05) is 0 Å². The van der Waals surface area contributed by atoms with Gasteiger partial charge < -0.3 is 6.42 Å². The van der Waals surface area contributed by atoms with Crippen LogP contribution in [0.25, 0.3) is 0 Å². The first-order valence-corrected chi connectivity index (χ1v) is 11.4. The van der Waals surface area contributed by atoms with Gasteiger partial charge in [-0.2, -0.15) is 13.3 Å². The summed E-state index contributed by atoms with van der Waals surface area (Å²) in [6.07, 6.45) is 4.57. The fourth-order valence-corrected chi connectivity index (χ4v) is 1.07. The van der Waals surface area contributed by atoms with Crippen molar-refractivity contribution >= 4 is 13.6 Å². The van der Waals surface area contributed by atoms with E-state index in [1.807, 2.05) is 0 Å². The second kappa shape index (κ2) is 8.90. The van der Waals surface area contributed by atoms with Crippen LogP contribution in [0.4, 0.5) is 0 Å². The van der Waals surface area contributed by atoms with Crippen molar-refractivity contribution in [1.29, 1.82) is 0 Å². The normalized spacial score (nSPS) is 9.00. The molecule has 0 aliphatic heterocycles. The monoisotopic (exact) mass is 290 g/mol. The third kappa shape index (κ3) is 6.40. The van der Waals surface area contributed by atoms with Crippen LogP contribution in [-0.4, -0.2) is 0 Å². The van der Waals surface area contributed by atoms with Gasteiger partial charge in [0.15, 0.2) is 0 Å². The molecule has 2 heteroatoms. The van der Waals surface area contributed by atoms with Gasteiger partial charge in [-0.15, -0.1) is 0 Å². The van der Waals surface area contributed by atoms with Crippen molar-refractivity contribution in [1.82, 2.24) is 0 Å². The van der Waals surface area contributed by atoms with Crippen LogP contribution in [-0.2, 0) is 22.8 Å². The summed E-state index contributed by atoms with van der Waals surface area (Å²) in [6.45, 7) is 4.23. The SMILES string of the molecule is C[CH-]CCc1ccc(C)cc1.[Zn+][Br]. The van der Waals surface area contributed by atoms with E-state index in [1.165, 1.54) is 40.3 Å². The summed E-state index contributed by atoms with van der Waals surface area (Å²) in [5, 5.41) is 0. The van der Waals surface area contributed by atoms with Gasteiger partial charge in [0.1, 0.15) is 0 Å². The Labute approximate surface area is 98.2 Å². The van der Waals surface area contributed by atoms with Crippen LogP contribution in [0.15, 0.2) is 24.3 Å². The average molecular weight is 293 g/mol. The van der Waals surface area contributed by atoms with E-state index in [0.717, 1.165) is 0 Å². The van der Waals surface area contributed by atoms with Gasteiger partial charge in [-0.3, -0.25) is 0 Å². The van der Waals surface area contributed by atoms with Gasteiger partial charge in [-0.1, -0.05) is 41.8 Å². The van der Waals surface area contributed by atoms with E-state index >= 15 is 0 Å². The number of halogens is 1. The fraction of sp³-hybridized carbons (Fsp3) is 0.364. The predicted molar refractivity (Wildman–Crippen MR) is 58.4 cm³/mol. The summed E-state index contributed by atoms with van der Waals surface area (Å²) in [5.74, 6) is 0. The zero-order valence-electron chi connectivity index (χ0n) is 8.39. The van der Waals surface area contributed by atoms with E-state index in [9.17, 15) is 0 Å². The molecule has 0 N–H and O–H groups in total. The Hall–Kier alpha value is 0.323. The molecule has 0 unspecified atom stereocenters. The Morgan fingerprint density at radius 2 is 1.77 bits per heavy atom. The molecule has 0 saturated heterocycles. The second-order valence-corrected chi connectivity index (χ2v) is 2.93. The third-order valence-electron chi connectivity index (χ3n) is 1.84. The maximum absolute atomic E-state index is 3.06. The quantitative estimate of drug-likeness (QED) is 0.583. The van der Waals surface area contributed by atoms with Gasteiger partial charge in [0.25, 0.3) is 0 Å². The van der Waals surface area contributed by atoms with Crippen molar-refractivity contribution in [3.05, 3.63) is 41.8 Å². The summed E-state index contributed by atoms with van der Waals surface area (Å²) < 4.78 is 0. The van der Waals surface area contributed by atoms with E-state index in [2.05, 4.69) is 58.2 Å². The van der Waals surface area contributed by atoms with Crippen molar-refractivity contribution in [3.8, 4) is 0 Å². The number of hydrogen-bond donors (Lipinski definition) is 0. The van der Waals surface area contributed by atoms with Crippen LogP contribution in [0.2, 0.25) is 0 Å². The summed E-state index contributed by atoms with van der Waals surface area (Å²) in [6, 6.07) is 8.76. The van der Waals surface area contributed by atoms with Gasteiger partial charge in [0.05, 0.1) is 0 Å². The van der Waals surface area contributed by atoms with Crippen LogP contribution in [0.3, 0.4) is 0 Å². The summed E-state index contributed by atoms with van der Waals surface area (Å²) in [5.41, 5.74) is 2.78. The van der Waals surface area contributed by atoms with Gasteiger partial charge in [0, 0.05) is 0 Å². The van der Waals surface area contributed by atoms with E-state index in [4.69, 9.17) is 0 Å². The van der Waals surface area contributed by atoms with Crippen LogP contribution >= 0.6 is 13.6 Å². The van der Waals surface area contributed by atoms with Crippen molar-refractivity contribution < 1.29 is 16.3 Å². The molecule has 0 bridgehead atoms. The van der Waals surface area contributed by atoms with Crippen LogP contribution in [0, 0.1) is 13.3 Å². The standard InChI is InChI=1S/C11H15.BrH.Zn/c1-3-4-5-11-8-6-10(2)7-9-11;;/h3,6-9H,4-5H2,1-2H3;1H;/q-1;;+2/p-1. The molecule has 0 radical (unpaired) electrons. The molecule has 0 fully saturated rings. The summed E-state index contributed by atoms with van der Waals surface area (Å²) >= 11 is 4.25. The van der Waals surface area contributed by atoms with Crippen LogP contribution in [0.5, 0.6) is 0 Å². The Morgan fingerprint density at radius 1 is 1.23 bits per heavy atom. The molecule has 0 aliphatic rings. The van der Waals surface area contributed by atoms with Crippen molar-refractivity contribution in [2.45, 2.75) is 26.7 Å². The van der Waals surface area contributed by atoms with E-state index in [1.54, 1.807) is 0 Å². The molecule has 0 aromatic heterocycles. The van der Waals surface area contributed by atoms with Gasteiger partial charge in [0.2, 0.25) is 0 Å². The molecule has 0 saturated carbocycles. The Bertz CT molecular complexity index is 206. The van der Waals surface area contributed by atoms with Crippen molar-refractivity contribution in [2.24, 2.45) is 0 Å². The zero-order chi connectivity index (χ0) is 10.1. The number of unbranched alkanes of at least 4 members (excludes halogenated alkanes) is 1. The molecule has 68 valence electrons. The van der Waals surface area contributed by atoms with Crippen LogP contribution in [0.1, 0.15) is 24.5 Å². The molecule has 13 heavy (non-hydrogen) atoms. The second-order valence-electron chi connectivity index (χ2n) is 2.93. The molecular formula is C11H15BrZn. The number of aryl methyl sites for hydroxylation is 2. The molecule has 1 aromatic rings. The predicted octanol–water partition coefficient (Wildman–Crippen LogP) is 3.99. The number of hydrogen-bond acceptors (Lipinski definition) is 0. The first-order chi connectivity index (χ1) is 6.33. The van der Waals surface area contributed by atoms with E-state index in [-0.39, 0.29) is 0 Å². The number of rotatable bonds is 3. The Kier molecular flexibility index (Phi) is 9.12. The maximum atomic E-state index is 3.06. The van der Waals surface area contributed by atoms with Gasteiger partial charge in [-0.05, 0) is 6.92 Å². The first kappa shape index (κ1) is 13.3. The topological polar surface area (TPSA) is 0 Å². The van der Waals surface area contributed by atoms with Gasteiger partial charge in [-0.25, -0.2) is 0 Å². The zero-order valence-corrected chi connectivity index (χ0v) is 12.9. The Balaban J connectivity index is 0.000000671.